The van der Waals surface area contributed by atoms with Gasteiger partial charge in [-0.3, -0.25) is 9.59 Å². The van der Waals surface area contributed by atoms with Crippen LogP contribution in [0.4, 0.5) is 0 Å². The SMILES string of the molecule is CCC(CNC(=O)C1(N)CCCC1)C(=O)O. The first-order valence-electron chi connectivity index (χ1n) is 5.79. The van der Waals surface area contributed by atoms with Gasteiger partial charge in [0, 0.05) is 6.54 Å². The van der Waals surface area contributed by atoms with Gasteiger partial charge >= 0.3 is 5.97 Å². The summed E-state index contributed by atoms with van der Waals surface area (Å²) in [7, 11) is 0. The predicted octanol–water partition coefficient (Wildman–Crippen LogP) is 0.485. The number of nitrogens with two attached hydrogens (primary N) is 1. The molecule has 1 fully saturated rings. The maximum Gasteiger partial charge on any atom is 0.308 e. The van der Waals surface area contributed by atoms with Crippen molar-refractivity contribution in [1.29, 1.82) is 0 Å². The zero-order chi connectivity index (χ0) is 12.2. The molecule has 1 amide bonds. The van der Waals surface area contributed by atoms with E-state index in [9.17, 15) is 9.59 Å². The van der Waals surface area contributed by atoms with Gasteiger partial charge in [0.1, 0.15) is 0 Å². The van der Waals surface area contributed by atoms with Gasteiger partial charge in [-0.1, -0.05) is 19.8 Å². The molecule has 0 aromatic carbocycles. The quantitative estimate of drug-likeness (QED) is 0.638. The van der Waals surface area contributed by atoms with Crippen molar-refractivity contribution in [1.82, 2.24) is 5.32 Å². The van der Waals surface area contributed by atoms with E-state index in [1.807, 2.05) is 0 Å². The Kier molecular flexibility index (Phi) is 4.29. The van der Waals surface area contributed by atoms with Crippen LogP contribution < -0.4 is 11.1 Å². The van der Waals surface area contributed by atoms with Crippen molar-refractivity contribution in [3.63, 3.8) is 0 Å². The highest BCUT2D eigenvalue weighted by Crippen LogP contribution is 2.27. The molecule has 5 heteroatoms. The monoisotopic (exact) mass is 228 g/mol. The lowest BCUT2D eigenvalue weighted by atomic mass is 9.97. The van der Waals surface area contributed by atoms with Crippen molar-refractivity contribution in [2.24, 2.45) is 11.7 Å². The average Bonchev–Trinajstić information content (AvgIpc) is 2.66. The first kappa shape index (κ1) is 13.0. The van der Waals surface area contributed by atoms with Gasteiger partial charge in [-0.15, -0.1) is 0 Å². The summed E-state index contributed by atoms with van der Waals surface area (Å²) in [5.74, 6) is -1.60. The lowest BCUT2D eigenvalue weighted by molar-refractivity contribution is -0.141. The lowest BCUT2D eigenvalue weighted by Gasteiger charge is -2.23. The fraction of sp³-hybridized carbons (Fsp3) is 0.818. The Morgan fingerprint density at radius 2 is 2.00 bits per heavy atom. The molecule has 0 aliphatic heterocycles. The van der Waals surface area contributed by atoms with Gasteiger partial charge in [0.05, 0.1) is 11.5 Å². The minimum Gasteiger partial charge on any atom is -0.481 e. The molecule has 1 unspecified atom stereocenters. The van der Waals surface area contributed by atoms with Crippen LogP contribution in [0.3, 0.4) is 0 Å². The molecule has 4 N–H and O–H groups in total. The second kappa shape index (κ2) is 5.30. The molecular weight excluding hydrogens is 208 g/mol. The van der Waals surface area contributed by atoms with Crippen molar-refractivity contribution in [2.75, 3.05) is 6.54 Å². The molecule has 0 bridgehead atoms. The normalized spacial score (nSPS) is 20.4. The van der Waals surface area contributed by atoms with Crippen LogP contribution in [0.15, 0.2) is 0 Å². The van der Waals surface area contributed by atoms with Crippen LogP contribution >= 0.6 is 0 Å². The molecule has 92 valence electrons. The molecule has 1 aliphatic carbocycles. The Labute approximate surface area is 95.4 Å². The molecule has 0 spiro atoms. The summed E-state index contributed by atoms with van der Waals surface area (Å²) in [6, 6.07) is 0. The maximum absolute atomic E-state index is 11.8. The molecule has 0 heterocycles. The van der Waals surface area contributed by atoms with Gasteiger partial charge in [0.2, 0.25) is 5.91 Å². The van der Waals surface area contributed by atoms with Crippen LogP contribution in [-0.2, 0) is 9.59 Å². The molecule has 1 aliphatic rings. The number of carbonyl (C=O) groups is 2. The number of amides is 1. The minimum absolute atomic E-state index is 0.170. The van der Waals surface area contributed by atoms with Crippen molar-refractivity contribution in [3.8, 4) is 0 Å². The number of hydrogen-bond donors (Lipinski definition) is 3. The Balaban J connectivity index is 2.42. The van der Waals surface area contributed by atoms with Crippen molar-refractivity contribution >= 4 is 11.9 Å². The summed E-state index contributed by atoms with van der Waals surface area (Å²) in [4.78, 5) is 22.5. The fourth-order valence-electron chi connectivity index (χ4n) is 2.03. The number of carbonyl (C=O) groups excluding carboxylic acids is 1. The molecule has 1 atom stereocenters. The molecule has 0 saturated heterocycles. The van der Waals surface area contributed by atoms with E-state index in [4.69, 9.17) is 10.8 Å². The zero-order valence-corrected chi connectivity index (χ0v) is 9.66. The molecule has 5 nitrogen and oxygen atoms in total. The molecule has 0 aromatic heterocycles. The number of carboxylic acids is 1. The van der Waals surface area contributed by atoms with Crippen molar-refractivity contribution in [2.45, 2.75) is 44.6 Å². The topological polar surface area (TPSA) is 92.4 Å². The van der Waals surface area contributed by atoms with Crippen LogP contribution in [-0.4, -0.2) is 29.1 Å². The highest BCUT2D eigenvalue weighted by molar-refractivity contribution is 5.86. The smallest absolute Gasteiger partial charge is 0.308 e. The molecule has 0 radical (unpaired) electrons. The highest BCUT2D eigenvalue weighted by Gasteiger charge is 2.37. The van der Waals surface area contributed by atoms with Gasteiger partial charge < -0.3 is 16.2 Å². The minimum atomic E-state index is -0.875. The third kappa shape index (κ3) is 2.95. The van der Waals surface area contributed by atoms with E-state index in [0.717, 1.165) is 12.8 Å². The largest absolute Gasteiger partial charge is 0.481 e. The number of carboxylic acid groups (broad SMARTS) is 1. The van der Waals surface area contributed by atoms with Gasteiger partial charge in [-0.25, -0.2) is 0 Å². The average molecular weight is 228 g/mol. The summed E-state index contributed by atoms with van der Waals surface area (Å²) >= 11 is 0. The van der Waals surface area contributed by atoms with E-state index < -0.39 is 17.4 Å². The van der Waals surface area contributed by atoms with E-state index in [1.54, 1.807) is 6.92 Å². The zero-order valence-electron chi connectivity index (χ0n) is 9.66. The van der Waals surface area contributed by atoms with Crippen LogP contribution in [0.1, 0.15) is 39.0 Å². The summed E-state index contributed by atoms with van der Waals surface area (Å²) < 4.78 is 0. The third-order valence-electron chi connectivity index (χ3n) is 3.30. The number of nitrogens with one attached hydrogen (secondary N) is 1. The Morgan fingerprint density at radius 1 is 1.44 bits per heavy atom. The lowest BCUT2D eigenvalue weighted by Crippen LogP contribution is -2.53. The molecular formula is C11H20N2O3. The summed E-state index contributed by atoms with van der Waals surface area (Å²) in [6.45, 7) is 1.96. The van der Waals surface area contributed by atoms with Crippen LogP contribution in [0.5, 0.6) is 0 Å². The first-order valence-corrected chi connectivity index (χ1v) is 5.79. The Bertz CT molecular complexity index is 272. The Morgan fingerprint density at radius 3 is 2.44 bits per heavy atom. The Hall–Kier alpha value is -1.10. The number of hydrogen-bond acceptors (Lipinski definition) is 3. The van der Waals surface area contributed by atoms with Gasteiger partial charge in [-0.2, -0.15) is 0 Å². The number of aliphatic carboxylic acids is 1. The van der Waals surface area contributed by atoms with Crippen LogP contribution in [0.25, 0.3) is 0 Å². The van der Waals surface area contributed by atoms with E-state index in [-0.39, 0.29) is 12.5 Å². The number of rotatable bonds is 5. The predicted molar refractivity (Wildman–Crippen MR) is 59.8 cm³/mol. The van der Waals surface area contributed by atoms with E-state index in [0.29, 0.717) is 19.3 Å². The van der Waals surface area contributed by atoms with Gasteiger partial charge in [0.15, 0.2) is 0 Å². The van der Waals surface area contributed by atoms with Crippen LogP contribution in [0.2, 0.25) is 0 Å². The second-order valence-electron chi connectivity index (χ2n) is 4.52. The van der Waals surface area contributed by atoms with E-state index in [1.165, 1.54) is 0 Å². The van der Waals surface area contributed by atoms with E-state index >= 15 is 0 Å². The molecule has 1 rings (SSSR count). The van der Waals surface area contributed by atoms with Crippen molar-refractivity contribution < 1.29 is 14.7 Å². The van der Waals surface area contributed by atoms with Crippen LogP contribution in [0, 0.1) is 5.92 Å². The highest BCUT2D eigenvalue weighted by atomic mass is 16.4. The molecule has 1 saturated carbocycles. The molecule has 16 heavy (non-hydrogen) atoms. The fourth-order valence-corrected chi connectivity index (χ4v) is 2.03. The summed E-state index contributed by atoms with van der Waals surface area (Å²) in [5.41, 5.74) is 5.18. The third-order valence-corrected chi connectivity index (χ3v) is 3.30. The standard InChI is InChI=1S/C11H20N2O3/c1-2-8(9(14)15)7-13-10(16)11(12)5-3-4-6-11/h8H,2-7,12H2,1H3,(H,13,16)(H,14,15). The van der Waals surface area contributed by atoms with Gasteiger partial charge in [0.25, 0.3) is 0 Å². The maximum atomic E-state index is 11.8. The van der Waals surface area contributed by atoms with E-state index in [2.05, 4.69) is 5.32 Å². The second-order valence-corrected chi connectivity index (χ2v) is 4.52. The summed E-state index contributed by atoms with van der Waals surface area (Å²) in [6.07, 6.45) is 3.85. The molecule has 0 aromatic rings. The summed E-state index contributed by atoms with van der Waals surface area (Å²) in [5, 5.41) is 11.5. The van der Waals surface area contributed by atoms with Gasteiger partial charge in [-0.05, 0) is 19.3 Å². The first-order chi connectivity index (χ1) is 7.49. The van der Waals surface area contributed by atoms with Crippen molar-refractivity contribution in [3.05, 3.63) is 0 Å².